The number of nitrogens with zero attached hydrogens (tertiary/aromatic N) is 1. The number of hydrogen-bond acceptors (Lipinski definition) is 2. The van der Waals surface area contributed by atoms with Crippen molar-refractivity contribution in [2.75, 3.05) is 16.8 Å². The highest BCUT2D eigenvalue weighted by molar-refractivity contribution is 6.04. The van der Waals surface area contributed by atoms with E-state index in [2.05, 4.69) is 12.2 Å². The van der Waals surface area contributed by atoms with Crippen molar-refractivity contribution in [3.05, 3.63) is 59.7 Å². The average Bonchev–Trinajstić information content (AvgIpc) is 2.58. The first-order valence-corrected chi connectivity index (χ1v) is 7.94. The molecule has 2 aromatic carbocycles. The Bertz CT molecular complexity index is 722. The largest absolute Gasteiger partial charge is 0.325 e. The number of benzene rings is 2. The molecule has 0 unspecified atom stereocenters. The smallest absolute Gasteiger partial charge is 0.244 e. The van der Waals surface area contributed by atoms with E-state index in [-0.39, 0.29) is 18.4 Å². The van der Waals surface area contributed by atoms with Crippen molar-refractivity contribution in [2.45, 2.75) is 26.2 Å². The van der Waals surface area contributed by atoms with E-state index in [0.29, 0.717) is 6.42 Å². The van der Waals surface area contributed by atoms with E-state index < -0.39 is 0 Å². The van der Waals surface area contributed by atoms with E-state index in [1.807, 2.05) is 48.5 Å². The summed E-state index contributed by atoms with van der Waals surface area (Å²) >= 11 is 0. The topological polar surface area (TPSA) is 49.4 Å². The van der Waals surface area contributed by atoms with Gasteiger partial charge in [0, 0.05) is 17.8 Å². The van der Waals surface area contributed by atoms with Crippen LogP contribution in [-0.4, -0.2) is 18.4 Å². The minimum Gasteiger partial charge on any atom is -0.325 e. The van der Waals surface area contributed by atoms with Crippen molar-refractivity contribution in [2.24, 2.45) is 0 Å². The van der Waals surface area contributed by atoms with Gasteiger partial charge in [-0.15, -0.1) is 0 Å². The minimum atomic E-state index is -0.181. The number of carbonyl (C=O) groups excluding carboxylic acids is 2. The van der Waals surface area contributed by atoms with Crippen LogP contribution in [0.2, 0.25) is 0 Å². The summed E-state index contributed by atoms with van der Waals surface area (Å²) in [4.78, 5) is 26.0. The van der Waals surface area contributed by atoms with Crippen LogP contribution in [0.25, 0.3) is 0 Å². The lowest BCUT2D eigenvalue weighted by Gasteiger charge is -2.28. The van der Waals surface area contributed by atoms with Gasteiger partial charge in [-0.1, -0.05) is 37.3 Å². The molecule has 0 saturated heterocycles. The van der Waals surface area contributed by atoms with Gasteiger partial charge in [0.2, 0.25) is 11.8 Å². The first-order chi connectivity index (χ1) is 11.2. The zero-order valence-corrected chi connectivity index (χ0v) is 13.2. The number of amides is 2. The van der Waals surface area contributed by atoms with E-state index in [1.165, 1.54) is 5.56 Å². The van der Waals surface area contributed by atoms with Gasteiger partial charge in [0.1, 0.15) is 6.54 Å². The lowest BCUT2D eigenvalue weighted by Crippen LogP contribution is -2.40. The van der Waals surface area contributed by atoms with Crippen molar-refractivity contribution in [1.29, 1.82) is 0 Å². The quantitative estimate of drug-likeness (QED) is 0.943. The van der Waals surface area contributed by atoms with E-state index in [1.54, 1.807) is 4.90 Å². The van der Waals surface area contributed by atoms with Crippen molar-refractivity contribution in [3.63, 3.8) is 0 Å². The normalized spacial score (nSPS) is 13.6. The van der Waals surface area contributed by atoms with E-state index in [0.717, 1.165) is 29.8 Å². The van der Waals surface area contributed by atoms with Gasteiger partial charge in [0.15, 0.2) is 0 Å². The Morgan fingerprint density at radius 3 is 2.57 bits per heavy atom. The van der Waals surface area contributed by atoms with Crippen molar-refractivity contribution in [1.82, 2.24) is 0 Å². The molecule has 0 aromatic heterocycles. The Kier molecular flexibility index (Phi) is 4.42. The van der Waals surface area contributed by atoms with Crippen LogP contribution in [0, 0.1) is 0 Å². The summed E-state index contributed by atoms with van der Waals surface area (Å²) < 4.78 is 0. The van der Waals surface area contributed by atoms with Crippen LogP contribution >= 0.6 is 0 Å². The molecule has 0 saturated carbocycles. The molecule has 2 aromatic rings. The van der Waals surface area contributed by atoms with Gasteiger partial charge < -0.3 is 10.2 Å². The zero-order chi connectivity index (χ0) is 16.2. The molecule has 0 spiro atoms. The Hall–Kier alpha value is -2.62. The highest BCUT2D eigenvalue weighted by atomic mass is 16.2. The Balaban J connectivity index is 1.71. The lowest BCUT2D eigenvalue weighted by atomic mass is 10.0. The highest BCUT2D eigenvalue weighted by Gasteiger charge is 2.25. The predicted octanol–water partition coefficient (Wildman–Crippen LogP) is 3.17. The summed E-state index contributed by atoms with van der Waals surface area (Å²) in [5, 5.41) is 2.86. The molecule has 2 amide bonds. The second kappa shape index (κ2) is 6.65. The fourth-order valence-electron chi connectivity index (χ4n) is 2.84. The van der Waals surface area contributed by atoms with Crippen molar-refractivity contribution >= 4 is 23.2 Å². The Morgan fingerprint density at radius 2 is 1.83 bits per heavy atom. The number of rotatable bonds is 4. The number of para-hydroxylation sites is 1. The number of aryl methyl sites for hydroxylation is 2. The summed E-state index contributed by atoms with van der Waals surface area (Å²) in [7, 11) is 0. The molecule has 4 nitrogen and oxygen atoms in total. The summed E-state index contributed by atoms with van der Waals surface area (Å²) in [5.74, 6) is -0.181. The molecule has 1 heterocycles. The number of hydrogen-bond donors (Lipinski definition) is 1. The molecule has 0 atom stereocenters. The van der Waals surface area contributed by atoms with Gasteiger partial charge in [0.25, 0.3) is 0 Å². The standard InChI is InChI=1S/C19H20N2O2/c1-2-14-7-10-16(11-8-14)20-18(22)13-21-17-6-4-3-5-15(17)9-12-19(21)23/h3-8,10-11H,2,9,12-13H2,1H3,(H,20,22). The van der Waals surface area contributed by atoms with Gasteiger partial charge in [-0.2, -0.15) is 0 Å². The summed E-state index contributed by atoms with van der Waals surface area (Å²) in [5.41, 5.74) is 3.94. The van der Waals surface area contributed by atoms with Gasteiger partial charge in [0.05, 0.1) is 0 Å². The maximum Gasteiger partial charge on any atom is 0.244 e. The van der Waals surface area contributed by atoms with Crippen LogP contribution in [0.15, 0.2) is 48.5 Å². The molecule has 1 aliphatic rings. The molecular formula is C19H20N2O2. The molecule has 0 aliphatic carbocycles. The molecule has 23 heavy (non-hydrogen) atoms. The molecule has 0 radical (unpaired) electrons. The fourth-order valence-corrected chi connectivity index (χ4v) is 2.84. The van der Waals surface area contributed by atoms with Crippen LogP contribution in [0.5, 0.6) is 0 Å². The van der Waals surface area contributed by atoms with Gasteiger partial charge in [-0.25, -0.2) is 0 Å². The molecule has 1 aliphatic heterocycles. The molecule has 0 bridgehead atoms. The molecule has 0 fully saturated rings. The first-order valence-electron chi connectivity index (χ1n) is 7.94. The van der Waals surface area contributed by atoms with E-state index in [4.69, 9.17) is 0 Å². The van der Waals surface area contributed by atoms with Gasteiger partial charge >= 0.3 is 0 Å². The van der Waals surface area contributed by atoms with E-state index >= 15 is 0 Å². The summed E-state index contributed by atoms with van der Waals surface area (Å²) in [6.45, 7) is 2.14. The maximum atomic E-state index is 12.3. The second-order valence-electron chi connectivity index (χ2n) is 5.71. The van der Waals surface area contributed by atoms with Crippen LogP contribution in [0.4, 0.5) is 11.4 Å². The van der Waals surface area contributed by atoms with Crippen LogP contribution < -0.4 is 10.2 Å². The summed E-state index contributed by atoms with van der Waals surface area (Å²) in [6, 6.07) is 15.5. The molecule has 4 heteroatoms. The van der Waals surface area contributed by atoms with Crippen molar-refractivity contribution in [3.8, 4) is 0 Å². The zero-order valence-electron chi connectivity index (χ0n) is 13.2. The third-order valence-electron chi connectivity index (χ3n) is 4.14. The molecular weight excluding hydrogens is 288 g/mol. The average molecular weight is 308 g/mol. The van der Waals surface area contributed by atoms with E-state index in [9.17, 15) is 9.59 Å². The molecule has 1 N–H and O–H groups in total. The first kappa shape index (κ1) is 15.3. The molecule has 118 valence electrons. The van der Waals surface area contributed by atoms with Crippen LogP contribution in [-0.2, 0) is 22.4 Å². The van der Waals surface area contributed by atoms with Crippen molar-refractivity contribution < 1.29 is 9.59 Å². The third kappa shape index (κ3) is 3.42. The summed E-state index contributed by atoms with van der Waals surface area (Å²) in [6.07, 6.45) is 2.16. The van der Waals surface area contributed by atoms with Gasteiger partial charge in [-0.05, 0) is 42.2 Å². The fraction of sp³-hybridized carbons (Fsp3) is 0.263. The Labute approximate surface area is 136 Å². The second-order valence-corrected chi connectivity index (χ2v) is 5.71. The maximum absolute atomic E-state index is 12.3. The van der Waals surface area contributed by atoms with Crippen LogP contribution in [0.3, 0.4) is 0 Å². The molecule has 3 rings (SSSR count). The SMILES string of the molecule is CCc1ccc(NC(=O)CN2C(=O)CCc3ccccc32)cc1. The number of carbonyl (C=O) groups is 2. The number of nitrogens with one attached hydrogen (secondary N) is 1. The number of fused-ring (bicyclic) bond motifs is 1. The third-order valence-corrected chi connectivity index (χ3v) is 4.14. The minimum absolute atomic E-state index is 0.000168. The van der Waals surface area contributed by atoms with Gasteiger partial charge in [-0.3, -0.25) is 9.59 Å². The lowest BCUT2D eigenvalue weighted by molar-refractivity contribution is -0.121. The predicted molar refractivity (Wildman–Crippen MR) is 91.6 cm³/mol. The van der Waals surface area contributed by atoms with Crippen LogP contribution in [0.1, 0.15) is 24.5 Å². The monoisotopic (exact) mass is 308 g/mol. The number of anilines is 2. The Morgan fingerprint density at radius 1 is 1.09 bits per heavy atom. The highest BCUT2D eigenvalue weighted by Crippen LogP contribution is 2.27.